The summed E-state index contributed by atoms with van der Waals surface area (Å²) in [5.41, 5.74) is 4.26. The predicted molar refractivity (Wildman–Crippen MR) is 136 cm³/mol. The first-order chi connectivity index (χ1) is 16.0. The van der Waals surface area contributed by atoms with Gasteiger partial charge in [-0.1, -0.05) is 51.3 Å². The molecule has 0 bridgehead atoms. The summed E-state index contributed by atoms with van der Waals surface area (Å²) in [6.07, 6.45) is 6.93. The molecule has 33 heavy (non-hydrogen) atoms. The van der Waals surface area contributed by atoms with E-state index in [1.807, 2.05) is 12.1 Å². The first-order valence-corrected chi connectivity index (χ1v) is 12.1. The molecule has 0 spiro atoms. The van der Waals surface area contributed by atoms with Gasteiger partial charge in [0.1, 0.15) is 5.75 Å². The van der Waals surface area contributed by atoms with Crippen LogP contribution in [-0.2, 0) is 6.54 Å². The molecule has 1 unspecified atom stereocenters. The molecular formula is C26H28Cl2N4O. The van der Waals surface area contributed by atoms with Crippen molar-refractivity contribution in [3.63, 3.8) is 0 Å². The van der Waals surface area contributed by atoms with Crippen molar-refractivity contribution >= 4 is 34.1 Å². The van der Waals surface area contributed by atoms with Crippen molar-refractivity contribution in [2.24, 2.45) is 5.92 Å². The van der Waals surface area contributed by atoms with Crippen LogP contribution in [0, 0.1) is 5.92 Å². The normalized spacial score (nSPS) is 12.3. The number of nitrogens with zero attached hydrogens (tertiary/aromatic N) is 4. The minimum Gasteiger partial charge on any atom is -0.497 e. The van der Waals surface area contributed by atoms with E-state index in [1.54, 1.807) is 7.11 Å². The lowest BCUT2D eigenvalue weighted by Gasteiger charge is -2.16. The zero-order valence-electron chi connectivity index (χ0n) is 19.2. The number of aromatic nitrogens is 4. The summed E-state index contributed by atoms with van der Waals surface area (Å²) in [7, 11) is 1.67. The number of methoxy groups -OCH3 is 1. The summed E-state index contributed by atoms with van der Waals surface area (Å²) < 4.78 is 7.62. The molecule has 5 nitrogen and oxygen atoms in total. The molecule has 1 atom stereocenters. The Balaban J connectivity index is 1.83. The standard InChI is InChI=1S/C26H28Cl2N4O/c1-4-6-7-17(5-2)15-32-16-22(24-29-25(27)31-26(28)30-24)21-14-19(10-13-23(21)32)18-8-11-20(33-3)12-9-18/h8-14,16-17H,4-7,15H2,1-3H3. The third-order valence-electron chi connectivity index (χ3n) is 6.12. The third-order valence-corrected chi connectivity index (χ3v) is 6.46. The van der Waals surface area contributed by atoms with Gasteiger partial charge in [0.15, 0.2) is 5.82 Å². The molecule has 7 heteroatoms. The second kappa shape index (κ2) is 10.5. The molecule has 0 radical (unpaired) electrons. The van der Waals surface area contributed by atoms with E-state index >= 15 is 0 Å². The van der Waals surface area contributed by atoms with Crippen LogP contribution in [0.3, 0.4) is 0 Å². The van der Waals surface area contributed by atoms with E-state index in [2.05, 4.69) is 69.9 Å². The van der Waals surface area contributed by atoms with E-state index in [4.69, 9.17) is 27.9 Å². The van der Waals surface area contributed by atoms with Gasteiger partial charge in [-0.25, -0.2) is 0 Å². The topological polar surface area (TPSA) is 52.8 Å². The fourth-order valence-electron chi connectivity index (χ4n) is 4.23. The Kier molecular flexibility index (Phi) is 7.51. The molecule has 0 aliphatic rings. The Morgan fingerprint density at radius 2 is 1.64 bits per heavy atom. The molecule has 0 N–H and O–H groups in total. The van der Waals surface area contributed by atoms with E-state index in [9.17, 15) is 0 Å². The molecule has 0 saturated heterocycles. The molecule has 0 aliphatic heterocycles. The lowest BCUT2D eigenvalue weighted by atomic mass is 9.99. The van der Waals surface area contributed by atoms with Crippen molar-refractivity contribution in [3.8, 4) is 28.3 Å². The van der Waals surface area contributed by atoms with Crippen LogP contribution in [0.15, 0.2) is 48.7 Å². The van der Waals surface area contributed by atoms with E-state index in [1.165, 1.54) is 19.3 Å². The highest BCUT2D eigenvalue weighted by molar-refractivity contribution is 6.31. The lowest BCUT2D eigenvalue weighted by Crippen LogP contribution is -2.09. The summed E-state index contributed by atoms with van der Waals surface area (Å²) >= 11 is 12.2. The monoisotopic (exact) mass is 482 g/mol. The highest BCUT2D eigenvalue weighted by atomic mass is 35.5. The molecule has 4 rings (SSSR count). The molecule has 2 aromatic carbocycles. The van der Waals surface area contributed by atoms with Gasteiger partial charge in [-0.3, -0.25) is 0 Å². The van der Waals surface area contributed by atoms with Gasteiger partial charge in [0.25, 0.3) is 0 Å². The maximum Gasteiger partial charge on any atom is 0.227 e. The van der Waals surface area contributed by atoms with Gasteiger partial charge in [-0.2, -0.15) is 15.0 Å². The molecule has 0 amide bonds. The maximum absolute atomic E-state index is 6.11. The average molecular weight is 483 g/mol. The number of rotatable bonds is 9. The Bertz CT molecular complexity index is 1220. The van der Waals surface area contributed by atoms with Crippen LogP contribution < -0.4 is 4.74 Å². The van der Waals surface area contributed by atoms with Crippen LogP contribution in [0.1, 0.15) is 39.5 Å². The Hall–Kier alpha value is -2.63. The predicted octanol–water partition coefficient (Wildman–Crippen LogP) is 7.69. The van der Waals surface area contributed by atoms with Crippen LogP contribution in [0.4, 0.5) is 0 Å². The number of unbranched alkanes of at least 4 members (excludes halogenated alkanes) is 1. The van der Waals surface area contributed by atoms with Gasteiger partial charge in [0.05, 0.1) is 7.11 Å². The number of hydrogen-bond donors (Lipinski definition) is 0. The van der Waals surface area contributed by atoms with Crippen molar-refractivity contribution in [1.29, 1.82) is 0 Å². The van der Waals surface area contributed by atoms with Crippen LogP contribution >= 0.6 is 23.2 Å². The molecular weight excluding hydrogens is 455 g/mol. The van der Waals surface area contributed by atoms with Crippen molar-refractivity contribution in [2.75, 3.05) is 7.11 Å². The molecule has 172 valence electrons. The minimum atomic E-state index is 0.0894. The first kappa shape index (κ1) is 23.5. The molecule has 2 aromatic heterocycles. The summed E-state index contributed by atoms with van der Waals surface area (Å²) in [6, 6.07) is 14.6. The van der Waals surface area contributed by atoms with Crippen LogP contribution in [0.5, 0.6) is 5.75 Å². The van der Waals surface area contributed by atoms with Crippen LogP contribution in [0.2, 0.25) is 10.6 Å². The molecule has 4 aromatic rings. The van der Waals surface area contributed by atoms with Gasteiger partial charge < -0.3 is 9.30 Å². The Labute approximate surface area is 204 Å². The SMILES string of the molecule is CCCCC(CC)Cn1cc(-c2nc(Cl)nc(Cl)n2)c2cc(-c3ccc(OC)cc3)ccc21. The minimum absolute atomic E-state index is 0.0894. The molecule has 0 fully saturated rings. The Morgan fingerprint density at radius 3 is 2.27 bits per heavy atom. The van der Waals surface area contributed by atoms with Gasteiger partial charge in [-0.15, -0.1) is 0 Å². The van der Waals surface area contributed by atoms with E-state index < -0.39 is 0 Å². The van der Waals surface area contributed by atoms with E-state index in [-0.39, 0.29) is 10.6 Å². The quantitative estimate of drug-likeness (QED) is 0.245. The van der Waals surface area contributed by atoms with Crippen LogP contribution in [0.25, 0.3) is 33.4 Å². The smallest absolute Gasteiger partial charge is 0.227 e. The highest BCUT2D eigenvalue weighted by Gasteiger charge is 2.17. The number of fused-ring (bicyclic) bond motifs is 1. The number of benzene rings is 2. The van der Waals surface area contributed by atoms with Crippen molar-refractivity contribution in [3.05, 3.63) is 59.2 Å². The fourth-order valence-corrected chi connectivity index (χ4v) is 4.59. The third kappa shape index (κ3) is 5.31. The number of halogens is 2. The van der Waals surface area contributed by atoms with E-state index in [0.717, 1.165) is 46.3 Å². The van der Waals surface area contributed by atoms with Gasteiger partial charge in [0, 0.05) is 29.2 Å². The summed E-state index contributed by atoms with van der Waals surface area (Å²) in [6.45, 7) is 5.45. The number of hydrogen-bond acceptors (Lipinski definition) is 4. The zero-order valence-corrected chi connectivity index (χ0v) is 20.7. The summed E-state index contributed by atoms with van der Waals surface area (Å²) in [5, 5.41) is 1.24. The largest absolute Gasteiger partial charge is 0.497 e. The first-order valence-electron chi connectivity index (χ1n) is 11.4. The van der Waals surface area contributed by atoms with Gasteiger partial charge in [0.2, 0.25) is 10.6 Å². The average Bonchev–Trinajstić information content (AvgIpc) is 3.18. The fraction of sp³-hybridized carbons (Fsp3) is 0.346. The Morgan fingerprint density at radius 1 is 0.939 bits per heavy atom. The second-order valence-corrected chi connectivity index (χ2v) is 8.95. The van der Waals surface area contributed by atoms with Crippen molar-refractivity contribution < 1.29 is 4.74 Å². The highest BCUT2D eigenvalue weighted by Crippen LogP contribution is 2.34. The lowest BCUT2D eigenvalue weighted by molar-refractivity contribution is 0.396. The van der Waals surface area contributed by atoms with Crippen molar-refractivity contribution in [2.45, 2.75) is 46.1 Å². The summed E-state index contributed by atoms with van der Waals surface area (Å²) in [4.78, 5) is 12.7. The molecule has 0 saturated carbocycles. The molecule has 2 heterocycles. The van der Waals surface area contributed by atoms with Crippen molar-refractivity contribution in [1.82, 2.24) is 19.5 Å². The zero-order chi connectivity index (χ0) is 23.4. The number of ether oxygens (including phenoxy) is 1. The van der Waals surface area contributed by atoms with Gasteiger partial charge in [-0.05, 0) is 70.9 Å². The van der Waals surface area contributed by atoms with Crippen LogP contribution in [-0.4, -0.2) is 26.6 Å². The van der Waals surface area contributed by atoms with E-state index in [0.29, 0.717) is 11.7 Å². The second-order valence-electron chi connectivity index (χ2n) is 8.27. The molecule has 0 aliphatic carbocycles. The maximum atomic E-state index is 6.11. The summed E-state index contributed by atoms with van der Waals surface area (Å²) in [5.74, 6) is 1.93. The van der Waals surface area contributed by atoms with Gasteiger partial charge >= 0.3 is 0 Å².